The Bertz CT molecular complexity index is 748. The molecule has 0 radical (unpaired) electrons. The highest BCUT2D eigenvalue weighted by molar-refractivity contribution is 7.99. The molecular weight excluding hydrogens is 320 g/mol. The Morgan fingerprint density at radius 2 is 2.04 bits per heavy atom. The Balaban J connectivity index is 1.81. The first-order chi connectivity index (χ1) is 11.6. The first-order valence-corrected chi connectivity index (χ1v) is 9.04. The highest BCUT2D eigenvalue weighted by atomic mass is 32.2. The lowest BCUT2D eigenvalue weighted by Gasteiger charge is -2.26. The second kappa shape index (κ2) is 7.18. The van der Waals surface area contributed by atoms with Crippen LogP contribution in [0.15, 0.2) is 42.5 Å². The number of anilines is 1. The summed E-state index contributed by atoms with van der Waals surface area (Å²) >= 11 is 1.81. The van der Waals surface area contributed by atoms with Gasteiger partial charge in [0, 0.05) is 12.3 Å². The van der Waals surface area contributed by atoms with Crippen LogP contribution < -0.4 is 10.1 Å². The normalized spacial score (nSPS) is 17.0. The van der Waals surface area contributed by atoms with E-state index < -0.39 is 0 Å². The lowest BCUT2D eigenvalue weighted by Crippen LogP contribution is -2.34. The van der Waals surface area contributed by atoms with Gasteiger partial charge in [-0.1, -0.05) is 35.9 Å². The molecule has 0 saturated carbocycles. The minimum Gasteiger partial charge on any atom is -0.495 e. The summed E-state index contributed by atoms with van der Waals surface area (Å²) in [6.07, 6.45) is 0. The molecule has 0 bridgehead atoms. The molecule has 1 aliphatic rings. The van der Waals surface area contributed by atoms with Gasteiger partial charge in [0.2, 0.25) is 0 Å². The van der Waals surface area contributed by atoms with E-state index in [-0.39, 0.29) is 11.4 Å². The molecular formula is C19H22N2O2S. The van der Waals surface area contributed by atoms with Gasteiger partial charge in [0.1, 0.15) is 11.1 Å². The monoisotopic (exact) mass is 342 g/mol. The number of thioether (sulfide) groups is 1. The minimum atomic E-state index is -0.0884. The maximum atomic E-state index is 12.8. The SMILES string of the molecule is COc1ccccc1NC(=O)N1CCS[C@H]1c1ccc(C)cc1C. The van der Waals surface area contributed by atoms with Crippen molar-refractivity contribution in [1.29, 1.82) is 0 Å². The van der Waals surface area contributed by atoms with E-state index in [9.17, 15) is 4.79 Å². The van der Waals surface area contributed by atoms with Crippen LogP contribution in [0.25, 0.3) is 0 Å². The molecule has 0 aromatic heterocycles. The van der Waals surface area contributed by atoms with Gasteiger partial charge in [0.05, 0.1) is 12.8 Å². The average molecular weight is 342 g/mol. The first kappa shape index (κ1) is 16.7. The number of hydrogen-bond acceptors (Lipinski definition) is 3. The third-order valence-corrected chi connectivity index (χ3v) is 5.43. The van der Waals surface area contributed by atoms with Gasteiger partial charge in [0.25, 0.3) is 0 Å². The highest BCUT2D eigenvalue weighted by Crippen LogP contribution is 2.40. The second-order valence-electron chi connectivity index (χ2n) is 5.91. The molecule has 24 heavy (non-hydrogen) atoms. The van der Waals surface area contributed by atoms with Crippen LogP contribution >= 0.6 is 11.8 Å². The molecule has 1 aliphatic heterocycles. The van der Waals surface area contributed by atoms with Crippen LogP contribution in [0.2, 0.25) is 0 Å². The molecule has 4 nitrogen and oxygen atoms in total. The molecule has 1 fully saturated rings. The molecule has 2 amide bonds. The van der Waals surface area contributed by atoms with Gasteiger partial charge in [-0.2, -0.15) is 0 Å². The van der Waals surface area contributed by atoms with Crippen molar-refractivity contribution in [1.82, 2.24) is 4.90 Å². The zero-order valence-electron chi connectivity index (χ0n) is 14.2. The van der Waals surface area contributed by atoms with Crippen LogP contribution in [0.5, 0.6) is 5.75 Å². The van der Waals surface area contributed by atoms with E-state index in [1.54, 1.807) is 18.9 Å². The molecule has 5 heteroatoms. The molecule has 1 N–H and O–H groups in total. The van der Waals surface area contributed by atoms with Crippen LogP contribution in [0.3, 0.4) is 0 Å². The Morgan fingerprint density at radius 3 is 2.79 bits per heavy atom. The molecule has 1 atom stereocenters. The van der Waals surface area contributed by atoms with Gasteiger partial charge in [-0.3, -0.25) is 0 Å². The van der Waals surface area contributed by atoms with Crippen molar-refractivity contribution in [2.45, 2.75) is 19.2 Å². The largest absolute Gasteiger partial charge is 0.495 e. The van der Waals surface area contributed by atoms with Crippen LogP contribution in [0, 0.1) is 13.8 Å². The van der Waals surface area contributed by atoms with Gasteiger partial charge in [-0.05, 0) is 37.1 Å². The number of urea groups is 1. The predicted molar refractivity (Wildman–Crippen MR) is 99.8 cm³/mol. The van der Waals surface area contributed by atoms with E-state index in [4.69, 9.17) is 4.74 Å². The Labute approximate surface area is 147 Å². The third kappa shape index (κ3) is 3.36. The quantitative estimate of drug-likeness (QED) is 0.887. The van der Waals surface area contributed by atoms with Crippen molar-refractivity contribution in [2.24, 2.45) is 0 Å². The number of hydrogen-bond donors (Lipinski definition) is 1. The Morgan fingerprint density at radius 1 is 1.25 bits per heavy atom. The smallest absolute Gasteiger partial charge is 0.323 e. The van der Waals surface area contributed by atoms with E-state index in [0.717, 1.165) is 12.3 Å². The number of methoxy groups -OCH3 is 1. The van der Waals surface area contributed by atoms with Crippen molar-refractivity contribution in [3.05, 3.63) is 59.2 Å². The predicted octanol–water partition coefficient (Wildman–Crippen LogP) is 4.59. The van der Waals surface area contributed by atoms with Crippen LogP contribution in [0.4, 0.5) is 10.5 Å². The summed E-state index contributed by atoms with van der Waals surface area (Å²) in [5.41, 5.74) is 4.37. The number of aryl methyl sites for hydroxylation is 2. The first-order valence-electron chi connectivity index (χ1n) is 7.99. The van der Waals surface area contributed by atoms with E-state index in [1.165, 1.54) is 16.7 Å². The maximum Gasteiger partial charge on any atom is 0.323 e. The molecule has 0 aliphatic carbocycles. The molecule has 3 rings (SSSR count). The van der Waals surface area contributed by atoms with Crippen LogP contribution in [-0.2, 0) is 0 Å². The number of ether oxygens (including phenoxy) is 1. The fourth-order valence-electron chi connectivity index (χ4n) is 2.97. The molecule has 2 aromatic carbocycles. The van der Waals surface area contributed by atoms with E-state index >= 15 is 0 Å². The van der Waals surface area contributed by atoms with Crippen molar-refractivity contribution in [2.75, 3.05) is 24.7 Å². The van der Waals surface area contributed by atoms with Gasteiger partial charge < -0.3 is 15.0 Å². The number of carbonyl (C=O) groups is 1. The topological polar surface area (TPSA) is 41.6 Å². The van der Waals surface area contributed by atoms with Gasteiger partial charge >= 0.3 is 6.03 Å². The number of carbonyl (C=O) groups excluding carboxylic acids is 1. The molecule has 1 heterocycles. The van der Waals surface area contributed by atoms with E-state index in [2.05, 4.69) is 37.4 Å². The summed E-state index contributed by atoms with van der Waals surface area (Å²) in [5.74, 6) is 1.61. The summed E-state index contributed by atoms with van der Waals surface area (Å²) in [5, 5.41) is 3.04. The molecule has 0 unspecified atom stereocenters. The summed E-state index contributed by atoms with van der Waals surface area (Å²) in [4.78, 5) is 14.7. The summed E-state index contributed by atoms with van der Waals surface area (Å²) in [6.45, 7) is 4.94. The Kier molecular flexibility index (Phi) is 5.00. The summed E-state index contributed by atoms with van der Waals surface area (Å²) in [6, 6.07) is 13.8. The second-order valence-corrected chi connectivity index (χ2v) is 7.10. The zero-order chi connectivity index (χ0) is 17.1. The number of nitrogens with zero attached hydrogens (tertiary/aromatic N) is 1. The van der Waals surface area contributed by atoms with E-state index in [0.29, 0.717) is 11.4 Å². The summed E-state index contributed by atoms with van der Waals surface area (Å²) < 4.78 is 5.31. The van der Waals surface area contributed by atoms with Gasteiger partial charge in [-0.15, -0.1) is 11.8 Å². The van der Waals surface area contributed by atoms with Gasteiger partial charge in [-0.25, -0.2) is 4.79 Å². The van der Waals surface area contributed by atoms with Crippen LogP contribution in [0.1, 0.15) is 22.1 Å². The number of para-hydroxylation sites is 2. The highest BCUT2D eigenvalue weighted by Gasteiger charge is 2.31. The minimum absolute atomic E-state index is 0.0558. The van der Waals surface area contributed by atoms with E-state index in [1.807, 2.05) is 29.2 Å². The van der Waals surface area contributed by atoms with Crippen molar-refractivity contribution in [3.8, 4) is 5.75 Å². The summed E-state index contributed by atoms with van der Waals surface area (Å²) in [7, 11) is 1.61. The standard InChI is InChI=1S/C19H22N2O2S/c1-13-8-9-15(14(2)12-13)18-21(10-11-24-18)19(22)20-16-6-4-5-7-17(16)23-3/h4-9,12,18H,10-11H2,1-3H3,(H,20,22)/t18-/m0/s1. The number of benzene rings is 2. The number of rotatable bonds is 3. The van der Waals surface area contributed by atoms with Crippen molar-refractivity contribution >= 4 is 23.5 Å². The third-order valence-electron chi connectivity index (χ3n) is 4.19. The molecule has 2 aromatic rings. The fourth-order valence-corrected chi connectivity index (χ4v) is 4.32. The Hall–Kier alpha value is -2.14. The van der Waals surface area contributed by atoms with Crippen LogP contribution in [-0.4, -0.2) is 30.3 Å². The fraction of sp³-hybridized carbons (Fsp3) is 0.316. The average Bonchev–Trinajstić information content (AvgIpc) is 3.05. The lowest BCUT2D eigenvalue weighted by atomic mass is 10.1. The molecule has 0 spiro atoms. The molecule has 126 valence electrons. The van der Waals surface area contributed by atoms with Gasteiger partial charge in [0.15, 0.2) is 0 Å². The lowest BCUT2D eigenvalue weighted by molar-refractivity contribution is 0.214. The van der Waals surface area contributed by atoms with Crippen molar-refractivity contribution in [3.63, 3.8) is 0 Å². The molecule has 1 saturated heterocycles. The maximum absolute atomic E-state index is 12.8. The number of nitrogens with one attached hydrogen (secondary N) is 1. The van der Waals surface area contributed by atoms with Crippen molar-refractivity contribution < 1.29 is 9.53 Å². The zero-order valence-corrected chi connectivity index (χ0v) is 15.0. The number of amides is 2.